The molecule has 0 radical (unpaired) electrons. The molecule has 10 heteroatoms. The number of ether oxygens (including phenoxy) is 1. The molecule has 0 atom stereocenters. The molecule has 0 spiro atoms. The van der Waals surface area contributed by atoms with Crippen LogP contribution in [0.1, 0.15) is 35.8 Å². The fourth-order valence-corrected chi connectivity index (χ4v) is 3.60. The van der Waals surface area contributed by atoms with E-state index in [2.05, 4.69) is 15.1 Å². The van der Waals surface area contributed by atoms with Gasteiger partial charge in [0.05, 0.1) is 30.4 Å². The van der Waals surface area contributed by atoms with Gasteiger partial charge in [0, 0.05) is 31.4 Å². The number of esters is 1. The van der Waals surface area contributed by atoms with Gasteiger partial charge < -0.3 is 10.5 Å². The summed E-state index contributed by atoms with van der Waals surface area (Å²) in [6, 6.07) is 3.32. The lowest BCUT2D eigenvalue weighted by molar-refractivity contribution is 0.0528. The van der Waals surface area contributed by atoms with Crippen LogP contribution < -0.4 is 15.8 Å². The van der Waals surface area contributed by atoms with Crippen LogP contribution in [0.5, 0.6) is 0 Å². The number of nitrogens with zero attached hydrogens (tertiary/aromatic N) is 6. The first-order valence-electron chi connectivity index (χ1n) is 10.0. The summed E-state index contributed by atoms with van der Waals surface area (Å²) in [6.07, 6.45) is 6.74. The van der Waals surface area contributed by atoms with Crippen molar-refractivity contribution in [1.29, 1.82) is 0 Å². The van der Waals surface area contributed by atoms with E-state index in [4.69, 9.17) is 10.5 Å². The summed E-state index contributed by atoms with van der Waals surface area (Å²) >= 11 is 0. The topological polar surface area (TPSA) is 102 Å². The highest BCUT2D eigenvalue weighted by atomic mass is 19.1. The summed E-state index contributed by atoms with van der Waals surface area (Å²) in [6.45, 7) is 3.97. The molecule has 0 aromatic carbocycles. The summed E-state index contributed by atoms with van der Waals surface area (Å²) in [4.78, 5) is 21.2. The zero-order chi connectivity index (χ0) is 21.1. The molecule has 1 aliphatic rings. The van der Waals surface area contributed by atoms with Crippen LogP contribution in [0.2, 0.25) is 0 Å². The van der Waals surface area contributed by atoms with E-state index in [1.807, 2.05) is 16.1 Å². The van der Waals surface area contributed by atoms with Gasteiger partial charge in [-0.1, -0.05) is 0 Å². The molecule has 1 saturated heterocycles. The van der Waals surface area contributed by atoms with Gasteiger partial charge >= 0.3 is 5.97 Å². The number of hydrogen-bond donors (Lipinski definition) is 1. The second-order valence-corrected chi connectivity index (χ2v) is 6.94. The summed E-state index contributed by atoms with van der Waals surface area (Å²) in [5.74, 6) is -0.217. The average Bonchev–Trinajstić information content (AvgIpc) is 3.39. The molecule has 4 heterocycles. The van der Waals surface area contributed by atoms with E-state index in [1.54, 1.807) is 13.1 Å². The normalized spacial score (nSPS) is 14.0. The molecule has 1 fully saturated rings. The van der Waals surface area contributed by atoms with Gasteiger partial charge in [-0.3, -0.25) is 15.0 Å². The number of fused-ring (bicyclic) bond motifs is 1. The molecule has 0 saturated carbocycles. The predicted octanol–water partition coefficient (Wildman–Crippen LogP) is 1.96. The molecule has 2 N–H and O–H groups in total. The third-order valence-corrected chi connectivity index (χ3v) is 4.96. The Balaban J connectivity index is 1.70. The summed E-state index contributed by atoms with van der Waals surface area (Å²) in [5, 5.41) is 8.14. The van der Waals surface area contributed by atoms with Crippen molar-refractivity contribution in [3.8, 4) is 0 Å². The summed E-state index contributed by atoms with van der Waals surface area (Å²) in [7, 11) is 0. The van der Waals surface area contributed by atoms with Crippen molar-refractivity contribution in [2.45, 2.75) is 26.2 Å². The Hall–Kier alpha value is -3.27. The van der Waals surface area contributed by atoms with Crippen LogP contribution in [-0.4, -0.2) is 51.8 Å². The Morgan fingerprint density at radius 3 is 2.93 bits per heavy atom. The van der Waals surface area contributed by atoms with Crippen LogP contribution in [0.4, 0.5) is 15.9 Å². The van der Waals surface area contributed by atoms with E-state index < -0.39 is 11.8 Å². The van der Waals surface area contributed by atoms with E-state index in [9.17, 15) is 9.18 Å². The van der Waals surface area contributed by atoms with Crippen LogP contribution in [0.3, 0.4) is 0 Å². The third kappa shape index (κ3) is 3.78. The molecular weight excluding hydrogens is 389 g/mol. The zero-order valence-corrected chi connectivity index (χ0v) is 16.8. The Morgan fingerprint density at radius 1 is 1.30 bits per heavy atom. The molecule has 3 aromatic rings. The minimum absolute atomic E-state index is 0.272. The lowest BCUT2D eigenvalue weighted by Crippen LogP contribution is -2.38. The SMILES string of the molecule is CCOC(=O)c1cnn2ccc(N3CCCN3c3cc(F)cnc3CCCN)nc12. The number of aromatic nitrogens is 4. The molecule has 30 heavy (non-hydrogen) atoms. The first kappa shape index (κ1) is 20.0. The van der Waals surface area contributed by atoms with E-state index >= 15 is 0 Å². The monoisotopic (exact) mass is 413 g/mol. The lowest BCUT2D eigenvalue weighted by Gasteiger charge is -2.31. The number of rotatable bonds is 7. The fourth-order valence-electron chi connectivity index (χ4n) is 3.60. The van der Waals surface area contributed by atoms with Gasteiger partial charge in [0.15, 0.2) is 11.5 Å². The van der Waals surface area contributed by atoms with Crippen LogP contribution in [0, 0.1) is 5.82 Å². The molecule has 0 bridgehead atoms. The highest BCUT2D eigenvalue weighted by Gasteiger charge is 2.27. The maximum atomic E-state index is 14.0. The van der Waals surface area contributed by atoms with E-state index in [1.165, 1.54) is 23.0 Å². The highest BCUT2D eigenvalue weighted by Crippen LogP contribution is 2.30. The van der Waals surface area contributed by atoms with Crippen LogP contribution in [0.25, 0.3) is 5.65 Å². The van der Waals surface area contributed by atoms with Gasteiger partial charge in [0.25, 0.3) is 0 Å². The van der Waals surface area contributed by atoms with E-state index in [0.29, 0.717) is 48.8 Å². The van der Waals surface area contributed by atoms with Crippen molar-refractivity contribution in [3.05, 3.63) is 47.8 Å². The van der Waals surface area contributed by atoms with Gasteiger partial charge in [-0.15, -0.1) is 0 Å². The predicted molar refractivity (Wildman–Crippen MR) is 110 cm³/mol. The fraction of sp³-hybridized carbons (Fsp3) is 0.400. The van der Waals surface area contributed by atoms with Crippen molar-refractivity contribution >= 4 is 23.1 Å². The number of halogens is 1. The molecule has 0 amide bonds. The van der Waals surface area contributed by atoms with Gasteiger partial charge in [-0.05, 0) is 32.7 Å². The van der Waals surface area contributed by atoms with Crippen molar-refractivity contribution in [1.82, 2.24) is 19.6 Å². The first-order chi connectivity index (χ1) is 14.6. The van der Waals surface area contributed by atoms with E-state index in [-0.39, 0.29) is 6.61 Å². The zero-order valence-electron chi connectivity index (χ0n) is 16.8. The maximum Gasteiger partial charge on any atom is 0.343 e. The van der Waals surface area contributed by atoms with Gasteiger partial charge in [-0.2, -0.15) is 5.10 Å². The lowest BCUT2D eigenvalue weighted by atomic mass is 10.2. The quantitative estimate of drug-likeness (QED) is 0.587. The van der Waals surface area contributed by atoms with Crippen LogP contribution in [0.15, 0.2) is 30.7 Å². The van der Waals surface area contributed by atoms with Gasteiger partial charge in [-0.25, -0.2) is 18.7 Å². The third-order valence-electron chi connectivity index (χ3n) is 4.96. The van der Waals surface area contributed by atoms with Gasteiger partial charge in [0.1, 0.15) is 11.4 Å². The minimum atomic E-state index is -0.464. The number of aryl methyl sites for hydroxylation is 1. The highest BCUT2D eigenvalue weighted by molar-refractivity contribution is 5.95. The Morgan fingerprint density at radius 2 is 2.13 bits per heavy atom. The second kappa shape index (κ2) is 8.62. The molecular formula is C20H24FN7O2. The Bertz CT molecular complexity index is 1050. The number of hydrazine groups is 1. The Labute approximate surface area is 173 Å². The number of anilines is 2. The molecule has 0 unspecified atom stereocenters. The molecule has 9 nitrogen and oxygen atoms in total. The van der Waals surface area contributed by atoms with Crippen molar-refractivity contribution in [3.63, 3.8) is 0 Å². The van der Waals surface area contributed by atoms with Gasteiger partial charge in [0.2, 0.25) is 0 Å². The van der Waals surface area contributed by atoms with Crippen molar-refractivity contribution < 1.29 is 13.9 Å². The number of carbonyl (C=O) groups excluding carboxylic acids is 1. The molecule has 1 aliphatic heterocycles. The maximum absolute atomic E-state index is 14.0. The number of nitrogens with two attached hydrogens (primary N) is 1. The van der Waals surface area contributed by atoms with Crippen LogP contribution in [-0.2, 0) is 11.2 Å². The number of hydrogen-bond acceptors (Lipinski definition) is 8. The van der Waals surface area contributed by atoms with Crippen molar-refractivity contribution in [2.75, 3.05) is 36.3 Å². The number of pyridine rings is 1. The minimum Gasteiger partial charge on any atom is -0.462 e. The standard InChI is InChI=1S/C20H24FN7O2/c1-2-30-20(29)15-13-24-26-10-6-18(25-19(15)26)28-9-4-8-27(28)17-11-14(21)12-23-16(17)5-3-7-22/h6,10-13H,2-5,7-9,22H2,1H3. The molecule has 3 aromatic heterocycles. The largest absolute Gasteiger partial charge is 0.462 e. The summed E-state index contributed by atoms with van der Waals surface area (Å²) < 4.78 is 20.7. The smallest absolute Gasteiger partial charge is 0.343 e. The molecule has 4 rings (SSSR count). The van der Waals surface area contributed by atoms with Crippen molar-refractivity contribution in [2.24, 2.45) is 5.73 Å². The first-order valence-corrected chi connectivity index (χ1v) is 10.0. The molecule has 0 aliphatic carbocycles. The Kier molecular flexibility index (Phi) is 5.75. The number of carbonyl (C=O) groups is 1. The molecule has 158 valence electrons. The second-order valence-electron chi connectivity index (χ2n) is 6.94. The van der Waals surface area contributed by atoms with E-state index in [0.717, 1.165) is 18.5 Å². The average molecular weight is 413 g/mol. The summed E-state index contributed by atoms with van der Waals surface area (Å²) in [5.41, 5.74) is 7.88. The van der Waals surface area contributed by atoms with Crippen LogP contribution >= 0.6 is 0 Å².